The van der Waals surface area contributed by atoms with Gasteiger partial charge in [0.15, 0.2) is 0 Å². The van der Waals surface area contributed by atoms with Gasteiger partial charge >= 0.3 is 17.9 Å². The van der Waals surface area contributed by atoms with Crippen molar-refractivity contribution in [1.29, 1.82) is 0 Å². The first-order valence-electron chi connectivity index (χ1n) is 15.7. The molecule has 2 amide bonds. The number of esters is 3. The highest BCUT2D eigenvalue weighted by Gasteiger charge is 2.67. The largest absolute Gasteiger partial charge is 0.466 e. The quantitative estimate of drug-likeness (QED) is 0.0745. The first kappa shape index (κ1) is 36.6. The summed E-state index contributed by atoms with van der Waals surface area (Å²) in [6.07, 6.45) is 4.27. The van der Waals surface area contributed by atoms with E-state index in [1.165, 1.54) is 47.1 Å². The second-order valence-corrected chi connectivity index (χ2v) is 13.3. The van der Waals surface area contributed by atoms with Crippen molar-refractivity contribution in [1.82, 2.24) is 35.0 Å². The van der Waals surface area contributed by atoms with Crippen molar-refractivity contribution in [3.8, 4) is 5.75 Å². The van der Waals surface area contributed by atoms with Crippen LogP contribution in [0, 0.1) is 0 Å². The molecule has 0 bridgehead atoms. The summed E-state index contributed by atoms with van der Waals surface area (Å²) < 4.78 is 24.8. The van der Waals surface area contributed by atoms with E-state index in [1.54, 1.807) is 67.3 Å². The fourth-order valence-electron chi connectivity index (χ4n) is 5.49. The van der Waals surface area contributed by atoms with Crippen LogP contribution >= 0.6 is 23.5 Å². The number of carbonyl (C=O) groups is 5. The van der Waals surface area contributed by atoms with E-state index in [4.69, 9.17) is 18.9 Å². The van der Waals surface area contributed by atoms with Gasteiger partial charge < -0.3 is 28.8 Å². The number of rotatable bonds is 16. The third-order valence-corrected chi connectivity index (χ3v) is 10.4. The maximum atomic E-state index is 14.1. The van der Waals surface area contributed by atoms with E-state index in [9.17, 15) is 24.0 Å². The van der Waals surface area contributed by atoms with Crippen molar-refractivity contribution in [3.63, 3.8) is 0 Å². The summed E-state index contributed by atoms with van der Waals surface area (Å²) in [5, 5.41) is 14.1. The number of tetrazole rings is 1. The van der Waals surface area contributed by atoms with Crippen LogP contribution in [-0.4, -0.2) is 95.7 Å². The van der Waals surface area contributed by atoms with Crippen LogP contribution in [0.2, 0.25) is 0 Å². The molecule has 266 valence electrons. The number of aryl methyl sites for hydroxylation is 1. The maximum Gasteiger partial charge on any atom is 0.355 e. The van der Waals surface area contributed by atoms with E-state index in [1.807, 2.05) is 0 Å². The summed E-state index contributed by atoms with van der Waals surface area (Å²) in [7, 11) is 3.02. The first-order valence-corrected chi connectivity index (χ1v) is 17.7. The highest BCUT2D eigenvalue weighted by molar-refractivity contribution is 8.01. The van der Waals surface area contributed by atoms with Gasteiger partial charge in [-0.05, 0) is 65.6 Å². The van der Waals surface area contributed by atoms with Gasteiger partial charge in [-0.15, -0.1) is 16.9 Å². The molecule has 5 rings (SSSR count). The zero-order chi connectivity index (χ0) is 35.8. The number of methoxy groups -OCH3 is 1. The summed E-state index contributed by atoms with van der Waals surface area (Å²) >= 11 is 2.63. The molecule has 1 N–H and O–H groups in total. The average molecular weight is 728 g/mol. The fraction of sp³-hybridized carbons (Fsp3) is 0.438. The molecule has 16 nitrogen and oxygen atoms in total. The lowest BCUT2D eigenvalue weighted by Crippen LogP contribution is -2.81. The zero-order valence-corrected chi connectivity index (χ0v) is 29.5. The number of amides is 2. The van der Waals surface area contributed by atoms with Crippen LogP contribution in [0.3, 0.4) is 0 Å². The lowest BCUT2D eigenvalue weighted by Gasteiger charge is -2.56. The minimum absolute atomic E-state index is 0.0521. The Hall–Kier alpha value is -4.68. The van der Waals surface area contributed by atoms with Crippen LogP contribution in [0.4, 0.5) is 0 Å². The number of benzene rings is 1. The average Bonchev–Trinajstić information content (AvgIpc) is 3.78. The SMILES string of the molecule is CCOC(=O)CCCC(C(=O)NC1(OC)C(=O)N2C(C(=O)OCc3ccc(OC(C)=O)cc3)=C(CSc3nnnn3C)CSC21)n1cccc1. The van der Waals surface area contributed by atoms with Crippen LogP contribution < -0.4 is 10.1 Å². The van der Waals surface area contributed by atoms with Crippen LogP contribution in [0.1, 0.15) is 44.7 Å². The van der Waals surface area contributed by atoms with Crippen molar-refractivity contribution in [3.05, 3.63) is 65.6 Å². The zero-order valence-electron chi connectivity index (χ0n) is 27.9. The van der Waals surface area contributed by atoms with E-state index >= 15 is 0 Å². The Bertz CT molecular complexity index is 1750. The minimum atomic E-state index is -1.77. The molecule has 2 aliphatic rings. The molecule has 0 saturated carbocycles. The predicted octanol–water partition coefficient (Wildman–Crippen LogP) is 2.38. The molecule has 2 aromatic heterocycles. The molecular formula is C32H37N7O9S2. The molecule has 50 heavy (non-hydrogen) atoms. The Labute approximate surface area is 296 Å². The number of carbonyl (C=O) groups excluding carboxylic acids is 5. The number of nitrogens with zero attached hydrogens (tertiary/aromatic N) is 6. The van der Waals surface area contributed by atoms with Gasteiger partial charge in [-0.2, -0.15) is 0 Å². The van der Waals surface area contributed by atoms with Crippen LogP contribution in [0.25, 0.3) is 0 Å². The number of hydrogen-bond donors (Lipinski definition) is 1. The summed E-state index contributed by atoms with van der Waals surface area (Å²) in [6.45, 7) is 3.17. The molecule has 4 heterocycles. The van der Waals surface area contributed by atoms with Crippen molar-refractivity contribution < 1.29 is 42.9 Å². The molecule has 0 spiro atoms. The van der Waals surface area contributed by atoms with Gasteiger partial charge in [0, 0.05) is 51.4 Å². The number of thioether (sulfide) groups is 2. The molecule has 3 aromatic rings. The Balaban J connectivity index is 1.35. The molecule has 1 fully saturated rings. The maximum absolute atomic E-state index is 14.1. The third-order valence-electron chi connectivity index (χ3n) is 7.90. The molecule has 1 aromatic carbocycles. The number of fused-ring (bicyclic) bond motifs is 1. The number of ether oxygens (including phenoxy) is 4. The summed E-state index contributed by atoms with van der Waals surface area (Å²) in [4.78, 5) is 66.3. The number of nitrogens with one attached hydrogen (secondary N) is 1. The molecule has 18 heteroatoms. The smallest absolute Gasteiger partial charge is 0.355 e. The number of hydrogen-bond acceptors (Lipinski definition) is 14. The van der Waals surface area contributed by atoms with E-state index in [2.05, 4.69) is 20.8 Å². The van der Waals surface area contributed by atoms with Crippen LogP contribution in [0.5, 0.6) is 5.75 Å². The molecule has 3 atom stereocenters. The van der Waals surface area contributed by atoms with Crippen LogP contribution in [-0.2, 0) is 51.8 Å². The normalized spacial score (nSPS) is 18.9. The van der Waals surface area contributed by atoms with Crippen molar-refractivity contribution in [2.75, 3.05) is 25.2 Å². The molecule has 0 aliphatic carbocycles. The van der Waals surface area contributed by atoms with Gasteiger partial charge in [0.25, 0.3) is 11.6 Å². The lowest BCUT2D eigenvalue weighted by molar-refractivity contribution is -0.193. The second-order valence-electron chi connectivity index (χ2n) is 11.3. The second kappa shape index (κ2) is 16.4. The monoisotopic (exact) mass is 727 g/mol. The van der Waals surface area contributed by atoms with Gasteiger partial charge in [0.05, 0.1) is 6.61 Å². The molecule has 2 aliphatic heterocycles. The molecule has 3 unspecified atom stereocenters. The highest BCUT2D eigenvalue weighted by atomic mass is 32.2. The summed E-state index contributed by atoms with van der Waals surface area (Å²) in [6, 6.07) is 9.29. The molecule has 0 radical (unpaired) electrons. The standard InChI is InChI=1S/C32H37N7O9S2/c1-5-46-25(41)10-8-9-24(38-15-6-7-16-38)27(42)33-32(45-4)29(44)39-26(22(18-49-30(32)39)19-50-31-34-35-36-37(31)3)28(43)47-17-21-11-13-23(14-12-21)48-20(2)40/h6-7,11-16,24,30H,5,8-10,17-19H2,1-4H3,(H,33,42). The van der Waals surface area contributed by atoms with Gasteiger partial charge in [-0.1, -0.05) is 23.9 Å². The Morgan fingerprint density at radius 2 is 1.88 bits per heavy atom. The van der Waals surface area contributed by atoms with Gasteiger partial charge in [-0.25, -0.2) is 9.48 Å². The van der Waals surface area contributed by atoms with Crippen molar-refractivity contribution >= 4 is 53.2 Å². The van der Waals surface area contributed by atoms with E-state index in [0.29, 0.717) is 40.6 Å². The predicted molar refractivity (Wildman–Crippen MR) is 179 cm³/mol. The first-order chi connectivity index (χ1) is 24.1. The number of aromatic nitrogens is 5. The molecular weight excluding hydrogens is 691 g/mol. The Kier molecular flexibility index (Phi) is 12.0. The Morgan fingerprint density at radius 3 is 2.52 bits per heavy atom. The highest BCUT2D eigenvalue weighted by Crippen LogP contribution is 2.47. The van der Waals surface area contributed by atoms with E-state index in [-0.39, 0.29) is 37.1 Å². The van der Waals surface area contributed by atoms with Gasteiger partial charge in [0.2, 0.25) is 11.1 Å². The van der Waals surface area contributed by atoms with Crippen molar-refractivity contribution in [2.24, 2.45) is 7.05 Å². The van der Waals surface area contributed by atoms with E-state index in [0.717, 1.165) is 0 Å². The van der Waals surface area contributed by atoms with E-state index < -0.39 is 40.9 Å². The summed E-state index contributed by atoms with van der Waals surface area (Å²) in [5.74, 6) is -1.73. The number of β-lactam (4-membered cyclic amide) rings is 1. The lowest BCUT2D eigenvalue weighted by atomic mass is 9.97. The van der Waals surface area contributed by atoms with Gasteiger partial charge in [-0.3, -0.25) is 24.1 Å². The van der Waals surface area contributed by atoms with Crippen molar-refractivity contribution in [2.45, 2.75) is 62.0 Å². The summed E-state index contributed by atoms with van der Waals surface area (Å²) in [5.41, 5.74) is -0.470. The topological polar surface area (TPSA) is 186 Å². The minimum Gasteiger partial charge on any atom is -0.466 e. The third kappa shape index (κ3) is 8.03. The van der Waals surface area contributed by atoms with Crippen LogP contribution in [0.15, 0.2) is 65.2 Å². The fourth-order valence-corrected chi connectivity index (χ4v) is 7.91. The molecule has 1 saturated heterocycles. The Morgan fingerprint density at radius 1 is 1.14 bits per heavy atom. The van der Waals surface area contributed by atoms with Gasteiger partial charge in [0.1, 0.15) is 29.5 Å².